The first kappa shape index (κ1) is 21.0. The first-order valence-corrected chi connectivity index (χ1v) is 11.5. The Kier molecular flexibility index (Phi) is 7.04. The molecule has 2 saturated heterocycles. The molecule has 1 aromatic heterocycles. The number of alkyl halides is 1. The van der Waals surface area contributed by atoms with Gasteiger partial charge in [0.2, 0.25) is 0 Å². The maximum Gasteiger partial charge on any atom is 0.129 e. The van der Waals surface area contributed by atoms with Crippen LogP contribution in [0.2, 0.25) is 0 Å². The second kappa shape index (κ2) is 9.71. The fraction of sp³-hybridized carbons (Fsp3) is 0.783. The van der Waals surface area contributed by atoms with Crippen molar-refractivity contribution in [2.45, 2.75) is 76.7 Å². The molecule has 4 rings (SSSR count). The zero-order valence-electron chi connectivity index (χ0n) is 17.7. The normalized spacial score (nSPS) is 28.7. The van der Waals surface area contributed by atoms with Gasteiger partial charge in [0, 0.05) is 30.8 Å². The number of pyridine rings is 1. The summed E-state index contributed by atoms with van der Waals surface area (Å²) in [7, 11) is 0. The van der Waals surface area contributed by atoms with Crippen molar-refractivity contribution in [3.8, 4) is 0 Å². The molecule has 6 heteroatoms. The predicted octanol–water partition coefficient (Wildman–Crippen LogP) is 3.66. The lowest BCUT2D eigenvalue weighted by atomic mass is 9.75. The highest BCUT2D eigenvalue weighted by atomic mass is 19.1. The Morgan fingerprint density at radius 2 is 2.28 bits per heavy atom. The minimum absolute atomic E-state index is 0.0902. The Bertz CT molecular complexity index is 660. The van der Waals surface area contributed by atoms with E-state index in [2.05, 4.69) is 29.7 Å². The van der Waals surface area contributed by atoms with Gasteiger partial charge in [-0.25, -0.2) is 9.37 Å². The summed E-state index contributed by atoms with van der Waals surface area (Å²) in [6, 6.07) is 4.34. The van der Waals surface area contributed by atoms with E-state index < -0.39 is 11.6 Å². The van der Waals surface area contributed by atoms with Gasteiger partial charge in [-0.05, 0) is 70.0 Å². The lowest BCUT2D eigenvalue weighted by molar-refractivity contribution is -0.0962. The number of rotatable bonds is 9. The third-order valence-electron chi connectivity index (χ3n) is 7.03. The molecule has 2 N–H and O–H groups in total. The number of unbranched alkanes of at least 4 members (excludes halogenated alkanes) is 1. The molecule has 0 saturated carbocycles. The summed E-state index contributed by atoms with van der Waals surface area (Å²) in [6.45, 7) is 6.06. The van der Waals surface area contributed by atoms with Crippen LogP contribution in [0.1, 0.15) is 56.7 Å². The van der Waals surface area contributed by atoms with E-state index in [4.69, 9.17) is 14.5 Å². The lowest BCUT2D eigenvalue weighted by Gasteiger charge is -2.38. The van der Waals surface area contributed by atoms with Crippen molar-refractivity contribution in [2.75, 3.05) is 38.2 Å². The van der Waals surface area contributed by atoms with Gasteiger partial charge in [0.05, 0.1) is 18.8 Å². The maximum absolute atomic E-state index is 15.5. The molecule has 5 nitrogen and oxygen atoms in total. The highest BCUT2D eigenvalue weighted by Gasteiger charge is 2.47. The Balaban J connectivity index is 1.26. The van der Waals surface area contributed by atoms with E-state index in [0.29, 0.717) is 19.6 Å². The minimum Gasteiger partial charge on any atom is -0.379 e. The second-order valence-electron chi connectivity index (χ2n) is 8.98. The number of ether oxygens (including phenoxy) is 2. The summed E-state index contributed by atoms with van der Waals surface area (Å²) < 4.78 is 27.1. The van der Waals surface area contributed by atoms with E-state index in [-0.39, 0.29) is 12.2 Å². The van der Waals surface area contributed by atoms with Crippen molar-refractivity contribution in [1.29, 1.82) is 0 Å². The van der Waals surface area contributed by atoms with Crippen LogP contribution in [0.5, 0.6) is 0 Å². The first-order chi connectivity index (χ1) is 14.2. The highest BCUT2D eigenvalue weighted by Crippen LogP contribution is 2.40. The summed E-state index contributed by atoms with van der Waals surface area (Å²) in [4.78, 5) is 4.76. The van der Waals surface area contributed by atoms with Crippen LogP contribution < -0.4 is 10.6 Å². The van der Waals surface area contributed by atoms with Gasteiger partial charge < -0.3 is 20.1 Å². The predicted molar refractivity (Wildman–Crippen MR) is 113 cm³/mol. The number of fused-ring (bicyclic) bond motifs is 1. The molecule has 1 aromatic rings. The number of hydrogen-bond acceptors (Lipinski definition) is 5. The first-order valence-electron chi connectivity index (χ1n) is 11.5. The van der Waals surface area contributed by atoms with E-state index in [0.717, 1.165) is 69.7 Å². The van der Waals surface area contributed by atoms with Crippen LogP contribution in [-0.4, -0.2) is 56.2 Å². The monoisotopic (exact) mass is 405 g/mol. The Hall–Kier alpha value is -1.24. The van der Waals surface area contributed by atoms with Crippen LogP contribution in [-0.2, 0) is 22.3 Å². The van der Waals surface area contributed by atoms with Crippen molar-refractivity contribution in [3.05, 3.63) is 23.4 Å². The number of nitrogens with one attached hydrogen (secondary N) is 2. The lowest BCUT2D eigenvalue weighted by Crippen LogP contribution is -2.46. The molecule has 4 heterocycles. The molecule has 4 atom stereocenters. The van der Waals surface area contributed by atoms with Gasteiger partial charge >= 0.3 is 0 Å². The zero-order chi connectivity index (χ0) is 20.1. The third-order valence-corrected chi connectivity index (χ3v) is 7.03. The summed E-state index contributed by atoms with van der Waals surface area (Å²) in [5.41, 5.74) is 2.03. The number of hydrogen-bond donors (Lipinski definition) is 2. The average molecular weight is 406 g/mol. The van der Waals surface area contributed by atoms with Gasteiger partial charge in [0.1, 0.15) is 12.0 Å². The van der Waals surface area contributed by atoms with Gasteiger partial charge in [0.15, 0.2) is 0 Å². The van der Waals surface area contributed by atoms with Crippen LogP contribution in [0.15, 0.2) is 12.1 Å². The standard InChI is InChI=1S/C23H36FN3O2/c1-17(29-20-10-14-28-15-20)23(11-13-25-16-23)21(24)7-3-2-6-19-9-8-18-5-4-12-26-22(18)27-19/h8-9,17,20-21,25H,2-7,10-16H2,1H3,(H,26,27)/t17?,20-,21?,23+/m0/s1. The second-order valence-corrected chi connectivity index (χ2v) is 8.98. The fourth-order valence-corrected chi connectivity index (χ4v) is 5.07. The van der Waals surface area contributed by atoms with E-state index in [9.17, 15) is 0 Å². The zero-order valence-corrected chi connectivity index (χ0v) is 17.7. The van der Waals surface area contributed by atoms with Gasteiger partial charge in [0.25, 0.3) is 0 Å². The maximum atomic E-state index is 15.5. The molecule has 0 radical (unpaired) electrons. The Morgan fingerprint density at radius 3 is 3.07 bits per heavy atom. The number of aromatic nitrogens is 1. The molecule has 29 heavy (non-hydrogen) atoms. The molecule has 0 bridgehead atoms. The largest absolute Gasteiger partial charge is 0.379 e. The van der Waals surface area contributed by atoms with Crippen molar-refractivity contribution >= 4 is 5.82 Å². The van der Waals surface area contributed by atoms with Crippen molar-refractivity contribution in [3.63, 3.8) is 0 Å². The number of anilines is 1. The molecule has 2 unspecified atom stereocenters. The topological polar surface area (TPSA) is 55.4 Å². The average Bonchev–Trinajstić information content (AvgIpc) is 3.43. The van der Waals surface area contributed by atoms with Crippen LogP contribution in [0, 0.1) is 5.41 Å². The van der Waals surface area contributed by atoms with Crippen molar-refractivity contribution < 1.29 is 13.9 Å². The van der Waals surface area contributed by atoms with Crippen LogP contribution >= 0.6 is 0 Å². The van der Waals surface area contributed by atoms with Gasteiger partial charge in [-0.1, -0.05) is 12.5 Å². The SMILES string of the molecule is CC(O[C@H]1CCOC1)[C@@]1(C(F)CCCCc2ccc3c(n2)NCCC3)CCNC1. The van der Waals surface area contributed by atoms with E-state index in [1.54, 1.807) is 0 Å². The van der Waals surface area contributed by atoms with E-state index in [1.807, 2.05) is 0 Å². The molecule has 0 aromatic carbocycles. The van der Waals surface area contributed by atoms with Crippen molar-refractivity contribution in [1.82, 2.24) is 10.3 Å². The van der Waals surface area contributed by atoms with Gasteiger partial charge in [-0.3, -0.25) is 0 Å². The van der Waals surface area contributed by atoms with Crippen molar-refractivity contribution in [2.24, 2.45) is 5.41 Å². The molecular formula is C23H36FN3O2. The summed E-state index contributed by atoms with van der Waals surface area (Å²) in [5.74, 6) is 1.05. The molecule has 3 aliphatic rings. The number of aryl methyl sites for hydroxylation is 2. The quantitative estimate of drug-likeness (QED) is 0.614. The third kappa shape index (κ3) is 4.92. The van der Waals surface area contributed by atoms with Crippen LogP contribution in [0.25, 0.3) is 0 Å². The molecule has 162 valence electrons. The molecular weight excluding hydrogens is 369 g/mol. The van der Waals surface area contributed by atoms with Gasteiger partial charge in [-0.2, -0.15) is 0 Å². The number of halogens is 1. The molecule has 0 aliphatic carbocycles. The van der Waals surface area contributed by atoms with Crippen LogP contribution in [0.4, 0.5) is 10.2 Å². The Labute approximate surface area is 174 Å². The summed E-state index contributed by atoms with van der Waals surface area (Å²) in [6.07, 6.45) is 6.63. The van der Waals surface area contributed by atoms with Crippen LogP contribution in [0.3, 0.4) is 0 Å². The Morgan fingerprint density at radius 1 is 1.34 bits per heavy atom. The van der Waals surface area contributed by atoms with Gasteiger partial charge in [-0.15, -0.1) is 0 Å². The molecule has 0 amide bonds. The van der Waals surface area contributed by atoms with E-state index in [1.165, 1.54) is 12.0 Å². The highest BCUT2D eigenvalue weighted by molar-refractivity contribution is 5.46. The fourth-order valence-electron chi connectivity index (χ4n) is 5.07. The molecule has 3 aliphatic heterocycles. The summed E-state index contributed by atoms with van der Waals surface area (Å²) >= 11 is 0. The summed E-state index contributed by atoms with van der Waals surface area (Å²) in [5, 5.41) is 6.77. The molecule has 2 fully saturated rings. The smallest absolute Gasteiger partial charge is 0.129 e. The van der Waals surface area contributed by atoms with E-state index >= 15 is 4.39 Å². The number of nitrogens with zero attached hydrogens (tertiary/aromatic N) is 1. The minimum atomic E-state index is -0.840. The molecule has 0 spiro atoms.